The van der Waals surface area contributed by atoms with Crippen molar-refractivity contribution in [1.29, 1.82) is 0 Å². The summed E-state index contributed by atoms with van der Waals surface area (Å²) < 4.78 is 2.29. The van der Waals surface area contributed by atoms with Crippen molar-refractivity contribution in [1.82, 2.24) is 24.4 Å². The summed E-state index contributed by atoms with van der Waals surface area (Å²) in [7, 11) is 0. The molecule has 118 valence electrons. The van der Waals surface area contributed by atoms with Gasteiger partial charge in [0.15, 0.2) is 5.82 Å². The number of hydrogen-bond acceptors (Lipinski definition) is 4. The van der Waals surface area contributed by atoms with Crippen molar-refractivity contribution >= 4 is 11.0 Å². The molecule has 0 unspecified atom stereocenters. The molecule has 0 radical (unpaired) electrons. The average Bonchev–Trinajstić information content (AvgIpc) is 3.00. The molecule has 1 aliphatic heterocycles. The number of rotatable bonds is 4. The van der Waals surface area contributed by atoms with E-state index in [4.69, 9.17) is 4.98 Å². The highest BCUT2D eigenvalue weighted by Gasteiger charge is 2.15. The molecule has 0 spiro atoms. The Labute approximate surface area is 136 Å². The van der Waals surface area contributed by atoms with Crippen molar-refractivity contribution in [2.75, 3.05) is 19.6 Å². The zero-order valence-corrected chi connectivity index (χ0v) is 13.2. The van der Waals surface area contributed by atoms with Crippen LogP contribution in [-0.2, 0) is 6.54 Å². The van der Waals surface area contributed by atoms with E-state index < -0.39 is 0 Å². The summed E-state index contributed by atoms with van der Waals surface area (Å²) in [6, 6.07) is 8.30. The molecule has 23 heavy (non-hydrogen) atoms. The second-order valence-corrected chi connectivity index (χ2v) is 6.07. The van der Waals surface area contributed by atoms with Gasteiger partial charge in [-0.25, -0.2) is 9.97 Å². The van der Waals surface area contributed by atoms with E-state index in [-0.39, 0.29) is 0 Å². The molecule has 1 aliphatic rings. The van der Waals surface area contributed by atoms with Crippen LogP contribution in [0.25, 0.3) is 22.6 Å². The molecule has 0 bridgehead atoms. The Morgan fingerprint density at radius 3 is 2.65 bits per heavy atom. The van der Waals surface area contributed by atoms with E-state index in [1.54, 1.807) is 18.6 Å². The predicted molar refractivity (Wildman–Crippen MR) is 91.1 cm³/mol. The third-order valence-electron chi connectivity index (χ3n) is 4.54. The summed E-state index contributed by atoms with van der Waals surface area (Å²) in [5, 5.41) is 0. The number of fused-ring (bicyclic) bond motifs is 1. The van der Waals surface area contributed by atoms with Crippen LogP contribution in [0.2, 0.25) is 0 Å². The minimum Gasteiger partial charge on any atom is -0.321 e. The smallest absolute Gasteiger partial charge is 0.161 e. The molecule has 0 atom stereocenters. The predicted octanol–water partition coefficient (Wildman–Crippen LogP) is 2.98. The number of likely N-dealkylation sites (tertiary alicyclic amines) is 1. The molecule has 5 nitrogen and oxygen atoms in total. The van der Waals surface area contributed by atoms with Crippen LogP contribution < -0.4 is 0 Å². The summed E-state index contributed by atoms with van der Waals surface area (Å²) in [6.45, 7) is 4.43. The fraction of sp³-hybridized carbons (Fsp3) is 0.389. The Morgan fingerprint density at radius 2 is 1.83 bits per heavy atom. The van der Waals surface area contributed by atoms with Gasteiger partial charge in [-0.15, -0.1) is 0 Å². The SMILES string of the molecule is c1ccc2c(c1)nc(-c1cnccn1)n2CCN1CCCCC1. The first kappa shape index (κ1) is 14.3. The molecule has 1 aromatic carbocycles. The van der Waals surface area contributed by atoms with Crippen molar-refractivity contribution < 1.29 is 0 Å². The molecule has 1 saturated heterocycles. The fourth-order valence-electron chi connectivity index (χ4n) is 3.34. The van der Waals surface area contributed by atoms with Gasteiger partial charge in [0.2, 0.25) is 0 Å². The van der Waals surface area contributed by atoms with Crippen LogP contribution in [0, 0.1) is 0 Å². The van der Waals surface area contributed by atoms with Crippen molar-refractivity contribution in [3.63, 3.8) is 0 Å². The van der Waals surface area contributed by atoms with Gasteiger partial charge < -0.3 is 9.47 Å². The zero-order valence-electron chi connectivity index (χ0n) is 13.2. The maximum absolute atomic E-state index is 4.79. The molecule has 1 fully saturated rings. The second-order valence-electron chi connectivity index (χ2n) is 6.07. The molecule has 0 aliphatic carbocycles. The first-order valence-corrected chi connectivity index (χ1v) is 8.36. The molecule has 5 heteroatoms. The summed E-state index contributed by atoms with van der Waals surface area (Å²) in [4.78, 5) is 16.0. The molecular formula is C18H21N5. The first-order valence-electron chi connectivity index (χ1n) is 8.36. The van der Waals surface area contributed by atoms with Crippen LogP contribution in [0.15, 0.2) is 42.9 Å². The van der Waals surface area contributed by atoms with Gasteiger partial charge in [-0.05, 0) is 38.1 Å². The Balaban J connectivity index is 1.68. The highest BCUT2D eigenvalue weighted by molar-refractivity contribution is 5.79. The molecule has 3 aromatic rings. The van der Waals surface area contributed by atoms with Crippen LogP contribution in [0.5, 0.6) is 0 Å². The second kappa shape index (κ2) is 6.46. The van der Waals surface area contributed by atoms with Crippen LogP contribution in [-0.4, -0.2) is 44.1 Å². The lowest BCUT2D eigenvalue weighted by Crippen LogP contribution is -2.32. The fourth-order valence-corrected chi connectivity index (χ4v) is 3.34. The average molecular weight is 307 g/mol. The number of piperidine rings is 1. The van der Waals surface area contributed by atoms with Crippen molar-refractivity contribution in [3.05, 3.63) is 42.9 Å². The molecular weight excluding hydrogens is 286 g/mol. The van der Waals surface area contributed by atoms with E-state index in [0.29, 0.717) is 0 Å². The van der Waals surface area contributed by atoms with E-state index in [2.05, 4.69) is 37.6 Å². The minimum atomic E-state index is 0.836. The monoisotopic (exact) mass is 307 g/mol. The van der Waals surface area contributed by atoms with E-state index in [0.717, 1.165) is 30.1 Å². The molecule has 2 aromatic heterocycles. The molecule has 4 rings (SSSR count). The Hall–Kier alpha value is -2.27. The van der Waals surface area contributed by atoms with E-state index >= 15 is 0 Å². The van der Waals surface area contributed by atoms with Gasteiger partial charge in [0.1, 0.15) is 5.69 Å². The topological polar surface area (TPSA) is 46.8 Å². The highest BCUT2D eigenvalue weighted by atomic mass is 15.2. The first-order chi connectivity index (χ1) is 11.4. The number of nitrogens with zero attached hydrogens (tertiary/aromatic N) is 5. The van der Waals surface area contributed by atoms with Crippen molar-refractivity contribution in [2.24, 2.45) is 0 Å². The summed E-state index contributed by atoms with van der Waals surface area (Å²) >= 11 is 0. The maximum Gasteiger partial charge on any atom is 0.161 e. The van der Waals surface area contributed by atoms with E-state index in [1.165, 1.54) is 37.9 Å². The standard InChI is InChI=1S/C18H21N5/c1-4-10-22(11-5-1)12-13-23-17-7-3-2-6-15(17)21-18(23)16-14-19-8-9-20-16/h2-3,6-9,14H,1,4-5,10-13H2. The largest absolute Gasteiger partial charge is 0.321 e. The number of aromatic nitrogens is 4. The van der Waals surface area contributed by atoms with Crippen molar-refractivity contribution in [3.8, 4) is 11.5 Å². The van der Waals surface area contributed by atoms with Gasteiger partial charge in [0, 0.05) is 25.5 Å². The van der Waals surface area contributed by atoms with Gasteiger partial charge in [0.25, 0.3) is 0 Å². The van der Waals surface area contributed by atoms with Crippen molar-refractivity contribution in [2.45, 2.75) is 25.8 Å². The lowest BCUT2D eigenvalue weighted by atomic mass is 10.1. The summed E-state index contributed by atoms with van der Waals surface area (Å²) in [5.74, 6) is 0.913. The van der Waals surface area contributed by atoms with Gasteiger partial charge in [0.05, 0.1) is 17.2 Å². The third kappa shape index (κ3) is 2.97. The lowest BCUT2D eigenvalue weighted by Gasteiger charge is -2.26. The van der Waals surface area contributed by atoms with E-state index in [1.807, 2.05) is 6.07 Å². The Morgan fingerprint density at radius 1 is 0.957 bits per heavy atom. The van der Waals surface area contributed by atoms with E-state index in [9.17, 15) is 0 Å². The van der Waals surface area contributed by atoms with Gasteiger partial charge in [-0.1, -0.05) is 18.6 Å². The van der Waals surface area contributed by atoms with Crippen LogP contribution in [0.4, 0.5) is 0 Å². The molecule has 0 saturated carbocycles. The highest BCUT2D eigenvalue weighted by Crippen LogP contribution is 2.23. The zero-order chi connectivity index (χ0) is 15.5. The van der Waals surface area contributed by atoms with Gasteiger partial charge >= 0.3 is 0 Å². The summed E-state index contributed by atoms with van der Waals surface area (Å²) in [6.07, 6.45) is 9.23. The quantitative estimate of drug-likeness (QED) is 0.743. The Kier molecular flexibility index (Phi) is 4.03. The van der Waals surface area contributed by atoms with Crippen LogP contribution >= 0.6 is 0 Å². The lowest BCUT2D eigenvalue weighted by molar-refractivity contribution is 0.222. The van der Waals surface area contributed by atoms with Gasteiger partial charge in [-0.3, -0.25) is 4.98 Å². The number of imidazole rings is 1. The Bertz CT molecular complexity index is 774. The number of benzene rings is 1. The van der Waals surface area contributed by atoms with Crippen LogP contribution in [0.1, 0.15) is 19.3 Å². The van der Waals surface area contributed by atoms with Crippen LogP contribution in [0.3, 0.4) is 0 Å². The normalized spacial score (nSPS) is 16.0. The third-order valence-corrected chi connectivity index (χ3v) is 4.54. The summed E-state index contributed by atoms with van der Waals surface area (Å²) in [5.41, 5.74) is 3.03. The maximum atomic E-state index is 4.79. The number of hydrogen-bond donors (Lipinski definition) is 0. The molecule has 3 heterocycles. The molecule has 0 amide bonds. The molecule has 0 N–H and O–H groups in total. The number of para-hydroxylation sites is 2. The minimum absolute atomic E-state index is 0.836. The van der Waals surface area contributed by atoms with Gasteiger partial charge in [-0.2, -0.15) is 0 Å².